The van der Waals surface area contributed by atoms with Crippen molar-refractivity contribution in [1.82, 2.24) is 0 Å². The van der Waals surface area contributed by atoms with Crippen molar-refractivity contribution < 1.29 is 28.8 Å². The van der Waals surface area contributed by atoms with Gasteiger partial charge in [0.05, 0.1) is 0 Å². The van der Waals surface area contributed by atoms with Crippen molar-refractivity contribution in [1.29, 1.82) is 0 Å². The van der Waals surface area contributed by atoms with E-state index in [4.69, 9.17) is 0 Å². The van der Waals surface area contributed by atoms with Crippen molar-refractivity contribution >= 4 is 5.78 Å². The molecule has 0 radical (unpaired) electrons. The van der Waals surface area contributed by atoms with E-state index in [2.05, 4.69) is 55.4 Å². The third-order valence-electron chi connectivity index (χ3n) is 9.27. The maximum absolute atomic E-state index is 13.8. The van der Waals surface area contributed by atoms with Crippen molar-refractivity contribution in [3.05, 3.63) is 0 Å². The molecule has 3 rings (SSSR count). The molecule has 3 aliphatic carbocycles. The molecule has 0 heterocycles. The van der Waals surface area contributed by atoms with Crippen molar-refractivity contribution in [2.45, 2.75) is 87.2 Å². The fourth-order valence-electron chi connectivity index (χ4n) is 7.63. The first-order valence-electron chi connectivity index (χ1n) is 12.2. The average Bonchev–Trinajstić information content (AvgIpc) is 2.63. The van der Waals surface area contributed by atoms with Gasteiger partial charge in [0.1, 0.15) is 5.78 Å². The topological polar surface area (TPSA) is 40.1 Å². The normalized spacial score (nSPS) is 42.8. The SMILES string of the molecule is CC(C)C1CC2C(=O)C3CC(C(C)C)C(C(C)C)CC3C([O-])C2CC1C(C)C.[Li+]. The molecule has 0 amide bonds. The first-order chi connectivity index (χ1) is 13.0. The zero-order chi connectivity index (χ0) is 20.9. The van der Waals surface area contributed by atoms with Crippen LogP contribution in [-0.2, 0) is 4.79 Å². The van der Waals surface area contributed by atoms with Gasteiger partial charge in [0.25, 0.3) is 0 Å². The van der Waals surface area contributed by atoms with Crippen LogP contribution in [0.15, 0.2) is 0 Å². The van der Waals surface area contributed by atoms with Crippen molar-refractivity contribution in [2.75, 3.05) is 0 Å². The quantitative estimate of drug-likeness (QED) is 0.685. The van der Waals surface area contributed by atoms with Gasteiger partial charge in [-0.1, -0.05) is 55.4 Å². The van der Waals surface area contributed by atoms with Crippen LogP contribution in [0.25, 0.3) is 0 Å². The molecule has 3 saturated carbocycles. The second kappa shape index (κ2) is 9.79. The molecule has 0 N–H and O–H groups in total. The van der Waals surface area contributed by atoms with Crippen LogP contribution in [0.1, 0.15) is 81.1 Å². The van der Waals surface area contributed by atoms with E-state index in [0.717, 1.165) is 25.7 Å². The van der Waals surface area contributed by atoms with Crippen molar-refractivity contribution in [2.24, 2.45) is 71.0 Å². The third kappa shape index (κ3) is 4.71. The van der Waals surface area contributed by atoms with Gasteiger partial charge < -0.3 is 5.11 Å². The molecule has 0 aromatic heterocycles. The number of fused-ring (bicyclic) bond motifs is 2. The Kier molecular flexibility index (Phi) is 8.61. The second-order valence-electron chi connectivity index (χ2n) is 12.0. The Hall–Kier alpha value is 0.227. The van der Waals surface area contributed by atoms with E-state index in [1.165, 1.54) is 0 Å². The molecule has 162 valence electrons. The van der Waals surface area contributed by atoms with Crippen LogP contribution in [0.5, 0.6) is 0 Å². The number of Topliss-reactive ketones (excluding diaryl/α,β-unsaturated/α-hetero) is 1. The number of carbonyl (C=O) groups excluding carboxylic acids is 1. The van der Waals surface area contributed by atoms with E-state index >= 15 is 0 Å². The monoisotopic (exact) mass is 396 g/mol. The van der Waals surface area contributed by atoms with Gasteiger partial charge in [0.2, 0.25) is 0 Å². The Labute approximate surface area is 192 Å². The van der Waals surface area contributed by atoms with Gasteiger partial charge in [0, 0.05) is 11.8 Å². The molecule has 0 aliphatic heterocycles. The minimum absolute atomic E-state index is 0. The maximum atomic E-state index is 13.8. The number of hydrogen-bond acceptors (Lipinski definition) is 2. The Morgan fingerprint density at radius 1 is 0.621 bits per heavy atom. The predicted octanol–water partition coefficient (Wildman–Crippen LogP) is 2.44. The van der Waals surface area contributed by atoms with Crippen molar-refractivity contribution in [3.63, 3.8) is 0 Å². The zero-order valence-electron chi connectivity index (χ0n) is 20.7. The minimum Gasteiger partial charge on any atom is -0.852 e. The standard InChI is InChI=1S/C26H45O2.Li/c1-13(2)17-9-21-22(10-18(17)14(3)4)26(28)24-12-20(16(7)8)19(15(5)6)11-23(24)25(21)27;/h13-25H,9-12H2,1-8H3;/q-1;+1. The van der Waals surface area contributed by atoms with Crippen LogP contribution < -0.4 is 24.0 Å². The number of ketones is 1. The molecule has 0 bridgehead atoms. The first-order valence-corrected chi connectivity index (χ1v) is 12.2. The summed E-state index contributed by atoms with van der Waals surface area (Å²) in [6.07, 6.45) is 3.43. The molecule has 0 aromatic rings. The smallest absolute Gasteiger partial charge is 0.852 e. The molecular formula is C26H45LiO2. The van der Waals surface area contributed by atoms with E-state index in [0.29, 0.717) is 53.1 Å². The maximum Gasteiger partial charge on any atom is 1.00 e. The summed E-state index contributed by atoms with van der Waals surface area (Å²) in [6.45, 7) is 18.5. The van der Waals surface area contributed by atoms with Crippen LogP contribution >= 0.6 is 0 Å². The van der Waals surface area contributed by atoms with Crippen LogP contribution in [0.4, 0.5) is 0 Å². The van der Waals surface area contributed by atoms with Gasteiger partial charge in [-0.2, -0.15) is 0 Å². The fourth-order valence-corrected chi connectivity index (χ4v) is 7.63. The molecule has 3 heteroatoms. The van der Waals surface area contributed by atoms with E-state index < -0.39 is 6.10 Å². The first kappa shape index (κ1) is 25.5. The van der Waals surface area contributed by atoms with Gasteiger partial charge >= 0.3 is 18.9 Å². The molecule has 8 unspecified atom stereocenters. The third-order valence-corrected chi connectivity index (χ3v) is 9.27. The summed E-state index contributed by atoms with van der Waals surface area (Å²) < 4.78 is 0. The average molecular weight is 397 g/mol. The van der Waals surface area contributed by atoms with Crippen LogP contribution in [0.2, 0.25) is 0 Å². The van der Waals surface area contributed by atoms with Crippen LogP contribution in [0.3, 0.4) is 0 Å². The molecule has 0 saturated heterocycles. The van der Waals surface area contributed by atoms with E-state index in [-0.39, 0.29) is 42.5 Å². The van der Waals surface area contributed by atoms with E-state index in [9.17, 15) is 9.90 Å². The summed E-state index contributed by atoms with van der Waals surface area (Å²) in [4.78, 5) is 13.7. The predicted molar refractivity (Wildman–Crippen MR) is 115 cm³/mol. The van der Waals surface area contributed by atoms with Gasteiger partial charge in [0.15, 0.2) is 0 Å². The summed E-state index contributed by atoms with van der Waals surface area (Å²) in [5, 5.41) is 13.8. The van der Waals surface area contributed by atoms with Crippen LogP contribution in [0, 0.1) is 71.0 Å². The Morgan fingerprint density at radius 2 is 0.897 bits per heavy atom. The summed E-state index contributed by atoms with van der Waals surface area (Å²) in [5.41, 5.74) is 0. The summed E-state index contributed by atoms with van der Waals surface area (Å²) >= 11 is 0. The minimum atomic E-state index is -0.517. The molecule has 0 aromatic carbocycles. The zero-order valence-corrected chi connectivity index (χ0v) is 20.7. The Balaban J connectivity index is 0.00000300. The van der Waals surface area contributed by atoms with Gasteiger partial charge in [-0.25, -0.2) is 0 Å². The molecule has 3 fully saturated rings. The largest absolute Gasteiger partial charge is 1.00 e. The van der Waals surface area contributed by atoms with Gasteiger partial charge in [-0.15, -0.1) is 6.10 Å². The molecule has 0 spiro atoms. The Morgan fingerprint density at radius 3 is 1.17 bits per heavy atom. The molecule has 8 atom stereocenters. The molecular weight excluding hydrogens is 351 g/mol. The van der Waals surface area contributed by atoms with Gasteiger partial charge in [-0.05, 0) is 84.9 Å². The van der Waals surface area contributed by atoms with E-state index in [1.54, 1.807) is 0 Å². The van der Waals surface area contributed by atoms with Crippen molar-refractivity contribution in [3.8, 4) is 0 Å². The Bertz CT molecular complexity index is 509. The number of rotatable bonds is 4. The van der Waals surface area contributed by atoms with Crippen LogP contribution in [-0.4, -0.2) is 11.9 Å². The molecule has 3 aliphatic rings. The second-order valence-corrected chi connectivity index (χ2v) is 12.0. The summed E-state index contributed by atoms with van der Waals surface area (Å²) in [6, 6.07) is 0. The summed E-state index contributed by atoms with van der Waals surface area (Å²) in [5.74, 6) is 5.61. The molecule has 29 heavy (non-hydrogen) atoms. The fraction of sp³-hybridized carbons (Fsp3) is 0.962. The number of hydrogen-bond donors (Lipinski definition) is 0. The molecule has 2 nitrogen and oxygen atoms in total. The number of carbonyl (C=O) groups is 1. The summed E-state index contributed by atoms with van der Waals surface area (Å²) in [7, 11) is 0. The van der Waals surface area contributed by atoms with Gasteiger partial charge in [-0.3, -0.25) is 4.79 Å². The van der Waals surface area contributed by atoms with E-state index in [1.807, 2.05) is 0 Å².